The normalized spacial score (nSPS) is 16.9. The van der Waals surface area contributed by atoms with E-state index < -0.39 is 5.41 Å². The van der Waals surface area contributed by atoms with Gasteiger partial charge in [-0.2, -0.15) is 0 Å². The first-order valence-electron chi connectivity index (χ1n) is 4.95. The number of aliphatic hydroxyl groups excluding tert-OH is 1. The van der Waals surface area contributed by atoms with Crippen molar-refractivity contribution < 1.29 is 9.90 Å². The van der Waals surface area contributed by atoms with Crippen LogP contribution in [0.3, 0.4) is 0 Å². The lowest BCUT2D eigenvalue weighted by molar-refractivity contribution is -0.122. The summed E-state index contributed by atoms with van der Waals surface area (Å²) in [5, 5.41) is 12.5. The van der Waals surface area contributed by atoms with Crippen molar-refractivity contribution in [3.8, 4) is 0 Å². The highest BCUT2D eigenvalue weighted by molar-refractivity contribution is 6.44. The molecule has 1 aliphatic rings. The molecule has 2 N–H and O–H groups in total. The van der Waals surface area contributed by atoms with Gasteiger partial charge in [0.1, 0.15) is 0 Å². The number of anilines is 1. The Hall–Kier alpha value is -0.770. The van der Waals surface area contributed by atoms with Crippen molar-refractivity contribution in [2.24, 2.45) is 5.41 Å². The van der Waals surface area contributed by atoms with Gasteiger partial charge in [0.25, 0.3) is 0 Å². The van der Waals surface area contributed by atoms with Crippen LogP contribution in [0.4, 0.5) is 5.69 Å². The number of carbonyl (C=O) groups is 1. The highest BCUT2D eigenvalue weighted by Crippen LogP contribution is 2.46. The van der Waals surface area contributed by atoms with Crippen LogP contribution in [-0.4, -0.2) is 17.6 Å². The minimum atomic E-state index is -0.606. The molecule has 1 amide bonds. The fourth-order valence-corrected chi connectivity index (χ4v) is 1.81. The lowest BCUT2D eigenvalue weighted by Gasteiger charge is -2.13. The second kappa shape index (κ2) is 4.24. The fourth-order valence-electron chi connectivity index (χ4n) is 1.46. The first kappa shape index (κ1) is 11.7. The molecule has 2 rings (SSSR count). The number of rotatable bonds is 3. The molecule has 86 valence electrons. The number of aliphatic hydroxyl groups is 1. The van der Waals surface area contributed by atoms with E-state index in [9.17, 15) is 4.79 Å². The number of hydrogen-bond acceptors (Lipinski definition) is 2. The predicted molar refractivity (Wildman–Crippen MR) is 63.8 cm³/mol. The zero-order chi connectivity index (χ0) is 11.8. The van der Waals surface area contributed by atoms with E-state index in [-0.39, 0.29) is 12.5 Å². The van der Waals surface area contributed by atoms with Crippen LogP contribution in [0.5, 0.6) is 0 Å². The van der Waals surface area contributed by atoms with Crippen molar-refractivity contribution in [3.63, 3.8) is 0 Å². The van der Waals surface area contributed by atoms with Crippen LogP contribution >= 0.6 is 23.2 Å². The van der Waals surface area contributed by atoms with Crippen LogP contribution in [0.1, 0.15) is 12.8 Å². The Morgan fingerprint density at radius 3 is 2.69 bits per heavy atom. The molecule has 0 radical (unpaired) electrons. The maximum absolute atomic E-state index is 11.8. The molecular formula is C11H11Cl2NO2. The van der Waals surface area contributed by atoms with E-state index in [0.29, 0.717) is 28.6 Å². The lowest BCUT2D eigenvalue weighted by Crippen LogP contribution is -2.27. The molecule has 1 aliphatic carbocycles. The van der Waals surface area contributed by atoms with Crippen LogP contribution in [-0.2, 0) is 4.79 Å². The average Bonchev–Trinajstić information content (AvgIpc) is 3.05. The molecule has 0 heterocycles. The van der Waals surface area contributed by atoms with Gasteiger partial charge in [0.2, 0.25) is 5.91 Å². The van der Waals surface area contributed by atoms with Crippen molar-refractivity contribution in [2.75, 3.05) is 11.9 Å². The maximum atomic E-state index is 11.8. The summed E-state index contributed by atoms with van der Waals surface area (Å²) < 4.78 is 0. The molecule has 0 saturated heterocycles. The average molecular weight is 260 g/mol. The third-order valence-electron chi connectivity index (χ3n) is 2.84. The third kappa shape index (κ3) is 2.03. The molecule has 1 aromatic carbocycles. The molecule has 16 heavy (non-hydrogen) atoms. The summed E-state index contributed by atoms with van der Waals surface area (Å²) in [6, 6.07) is 5.04. The van der Waals surface area contributed by atoms with Crippen molar-refractivity contribution in [1.82, 2.24) is 0 Å². The van der Waals surface area contributed by atoms with E-state index in [2.05, 4.69) is 5.32 Å². The summed E-state index contributed by atoms with van der Waals surface area (Å²) >= 11 is 11.8. The number of hydrogen-bond donors (Lipinski definition) is 2. The molecule has 0 bridgehead atoms. The predicted octanol–water partition coefficient (Wildman–Crippen LogP) is 2.70. The van der Waals surface area contributed by atoms with Crippen LogP contribution in [0.2, 0.25) is 10.0 Å². The minimum Gasteiger partial charge on any atom is -0.395 e. The Bertz CT molecular complexity index is 430. The van der Waals surface area contributed by atoms with Crippen molar-refractivity contribution >= 4 is 34.8 Å². The minimum absolute atomic E-state index is 0.128. The van der Waals surface area contributed by atoms with E-state index in [0.717, 1.165) is 0 Å². The third-order valence-corrected chi connectivity index (χ3v) is 3.66. The van der Waals surface area contributed by atoms with E-state index in [1.54, 1.807) is 18.2 Å². The second-order valence-electron chi connectivity index (χ2n) is 3.99. The van der Waals surface area contributed by atoms with Crippen molar-refractivity contribution in [1.29, 1.82) is 0 Å². The summed E-state index contributed by atoms with van der Waals surface area (Å²) in [5.41, 5.74) is -0.120. The van der Waals surface area contributed by atoms with Crippen molar-refractivity contribution in [2.45, 2.75) is 12.8 Å². The first-order valence-corrected chi connectivity index (χ1v) is 5.71. The maximum Gasteiger partial charge on any atom is 0.232 e. The molecule has 3 nitrogen and oxygen atoms in total. The summed E-state index contributed by atoms with van der Waals surface area (Å²) in [5.74, 6) is -0.195. The topological polar surface area (TPSA) is 49.3 Å². The van der Waals surface area contributed by atoms with Gasteiger partial charge in [-0.3, -0.25) is 4.79 Å². The Morgan fingerprint density at radius 1 is 1.44 bits per heavy atom. The molecule has 1 saturated carbocycles. The standard InChI is InChI=1S/C11H11Cl2NO2/c12-7-2-1-3-8(9(7)13)14-10(16)11(6-15)4-5-11/h1-3,15H,4-6H2,(H,14,16). The molecule has 0 aliphatic heterocycles. The summed E-state index contributed by atoms with van der Waals surface area (Å²) in [4.78, 5) is 11.8. The molecule has 1 fully saturated rings. The van der Waals surface area contributed by atoms with Gasteiger partial charge in [-0.05, 0) is 25.0 Å². The number of nitrogens with one attached hydrogen (secondary N) is 1. The summed E-state index contributed by atoms with van der Waals surface area (Å²) in [7, 11) is 0. The Labute approximate surface area is 103 Å². The summed E-state index contributed by atoms with van der Waals surface area (Å²) in [6.45, 7) is -0.128. The van der Waals surface area contributed by atoms with Gasteiger partial charge in [0.05, 0.1) is 27.8 Å². The first-order chi connectivity index (χ1) is 7.59. The van der Waals surface area contributed by atoms with Gasteiger partial charge in [-0.25, -0.2) is 0 Å². The van der Waals surface area contributed by atoms with Crippen LogP contribution in [0.25, 0.3) is 0 Å². The molecular weight excluding hydrogens is 249 g/mol. The van der Waals surface area contributed by atoms with E-state index in [1.807, 2.05) is 0 Å². The smallest absolute Gasteiger partial charge is 0.232 e. The monoisotopic (exact) mass is 259 g/mol. The zero-order valence-corrected chi connectivity index (χ0v) is 9.98. The largest absolute Gasteiger partial charge is 0.395 e. The molecule has 5 heteroatoms. The summed E-state index contributed by atoms with van der Waals surface area (Å²) in [6.07, 6.45) is 1.43. The molecule has 0 spiro atoms. The van der Waals surface area contributed by atoms with Gasteiger partial charge >= 0.3 is 0 Å². The molecule has 1 aromatic rings. The highest BCUT2D eigenvalue weighted by Gasteiger charge is 2.49. The fraction of sp³-hybridized carbons (Fsp3) is 0.364. The Morgan fingerprint density at radius 2 is 2.12 bits per heavy atom. The van der Waals surface area contributed by atoms with Crippen LogP contribution < -0.4 is 5.32 Å². The molecule has 0 aromatic heterocycles. The number of amides is 1. The van der Waals surface area contributed by atoms with E-state index in [4.69, 9.17) is 28.3 Å². The Balaban J connectivity index is 2.15. The SMILES string of the molecule is O=C(Nc1cccc(Cl)c1Cl)C1(CO)CC1. The van der Waals surface area contributed by atoms with Gasteiger partial charge in [-0.1, -0.05) is 29.3 Å². The second-order valence-corrected chi connectivity index (χ2v) is 4.78. The quantitative estimate of drug-likeness (QED) is 0.877. The molecule has 0 atom stereocenters. The van der Waals surface area contributed by atoms with E-state index >= 15 is 0 Å². The zero-order valence-electron chi connectivity index (χ0n) is 8.46. The number of carbonyl (C=O) groups excluding carboxylic acids is 1. The van der Waals surface area contributed by atoms with E-state index in [1.165, 1.54) is 0 Å². The lowest BCUT2D eigenvalue weighted by atomic mass is 10.1. The van der Waals surface area contributed by atoms with Crippen LogP contribution in [0.15, 0.2) is 18.2 Å². The highest BCUT2D eigenvalue weighted by atomic mass is 35.5. The number of benzene rings is 1. The van der Waals surface area contributed by atoms with Gasteiger partial charge in [0, 0.05) is 0 Å². The van der Waals surface area contributed by atoms with Gasteiger partial charge in [-0.15, -0.1) is 0 Å². The molecule has 0 unspecified atom stereocenters. The van der Waals surface area contributed by atoms with Gasteiger partial charge in [0.15, 0.2) is 0 Å². The Kier molecular flexibility index (Phi) is 3.10. The van der Waals surface area contributed by atoms with Crippen LogP contribution in [0, 0.1) is 5.41 Å². The van der Waals surface area contributed by atoms with Crippen molar-refractivity contribution in [3.05, 3.63) is 28.2 Å². The van der Waals surface area contributed by atoms with Gasteiger partial charge < -0.3 is 10.4 Å². The number of halogens is 2.